The third-order valence-corrected chi connectivity index (χ3v) is 3.68. The number of carbonyl (C=O) groups is 1. The second-order valence-corrected chi connectivity index (χ2v) is 5.24. The SMILES string of the molecule is CN(Cc1ccccc1Br)c1cc(C(=O)O)c(N)cn1. The van der Waals surface area contributed by atoms with Gasteiger partial charge in [0.2, 0.25) is 0 Å². The van der Waals surface area contributed by atoms with Gasteiger partial charge in [-0.05, 0) is 17.7 Å². The van der Waals surface area contributed by atoms with Crippen LogP contribution in [0, 0.1) is 0 Å². The largest absolute Gasteiger partial charge is 0.478 e. The number of hydrogen-bond donors (Lipinski definition) is 2. The fourth-order valence-corrected chi connectivity index (χ4v) is 2.22. The summed E-state index contributed by atoms with van der Waals surface area (Å²) in [5.41, 5.74) is 6.91. The van der Waals surface area contributed by atoms with Gasteiger partial charge in [0.1, 0.15) is 5.82 Å². The Morgan fingerprint density at radius 2 is 2.15 bits per heavy atom. The van der Waals surface area contributed by atoms with Crippen molar-refractivity contribution < 1.29 is 9.90 Å². The molecule has 20 heavy (non-hydrogen) atoms. The molecule has 0 radical (unpaired) electrons. The molecule has 0 fully saturated rings. The summed E-state index contributed by atoms with van der Waals surface area (Å²) in [7, 11) is 1.85. The van der Waals surface area contributed by atoms with Crippen molar-refractivity contribution in [3.05, 3.63) is 52.1 Å². The van der Waals surface area contributed by atoms with Crippen LogP contribution in [-0.4, -0.2) is 23.1 Å². The molecule has 3 N–H and O–H groups in total. The Balaban J connectivity index is 2.26. The Hall–Kier alpha value is -2.08. The molecule has 0 saturated heterocycles. The summed E-state index contributed by atoms with van der Waals surface area (Å²) in [6.45, 7) is 0.609. The lowest BCUT2D eigenvalue weighted by atomic mass is 10.2. The third-order valence-electron chi connectivity index (χ3n) is 2.91. The zero-order chi connectivity index (χ0) is 14.7. The predicted octanol–water partition coefficient (Wildman–Crippen LogP) is 2.76. The minimum Gasteiger partial charge on any atom is -0.478 e. The van der Waals surface area contributed by atoms with Crippen molar-refractivity contribution in [2.24, 2.45) is 0 Å². The highest BCUT2D eigenvalue weighted by atomic mass is 79.9. The molecule has 0 amide bonds. The molecule has 1 aromatic heterocycles. The molecule has 0 aliphatic rings. The molecule has 0 spiro atoms. The van der Waals surface area contributed by atoms with Crippen molar-refractivity contribution in [1.82, 2.24) is 4.98 Å². The van der Waals surface area contributed by atoms with Gasteiger partial charge in [-0.2, -0.15) is 0 Å². The van der Waals surface area contributed by atoms with Gasteiger partial charge in [-0.25, -0.2) is 9.78 Å². The lowest BCUT2D eigenvalue weighted by molar-refractivity contribution is 0.0698. The highest BCUT2D eigenvalue weighted by Crippen LogP contribution is 2.22. The molecule has 0 saturated carbocycles. The summed E-state index contributed by atoms with van der Waals surface area (Å²) in [6, 6.07) is 9.33. The van der Waals surface area contributed by atoms with Gasteiger partial charge < -0.3 is 15.7 Å². The van der Waals surface area contributed by atoms with Crippen LogP contribution in [0.1, 0.15) is 15.9 Å². The third kappa shape index (κ3) is 3.08. The van der Waals surface area contributed by atoms with Crippen LogP contribution in [0.5, 0.6) is 0 Å². The molecule has 0 aliphatic carbocycles. The van der Waals surface area contributed by atoms with Crippen molar-refractivity contribution in [3.63, 3.8) is 0 Å². The average molecular weight is 336 g/mol. The number of anilines is 2. The second-order valence-electron chi connectivity index (χ2n) is 4.38. The molecule has 1 aromatic carbocycles. The highest BCUT2D eigenvalue weighted by Gasteiger charge is 2.12. The number of carboxylic acids is 1. The number of pyridine rings is 1. The molecule has 0 bridgehead atoms. The lowest BCUT2D eigenvalue weighted by Crippen LogP contribution is -2.19. The highest BCUT2D eigenvalue weighted by molar-refractivity contribution is 9.10. The van der Waals surface area contributed by atoms with Crippen LogP contribution in [0.2, 0.25) is 0 Å². The Kier molecular flexibility index (Phi) is 4.24. The first-order valence-electron chi connectivity index (χ1n) is 5.92. The number of benzene rings is 1. The number of nitrogens with zero attached hydrogens (tertiary/aromatic N) is 2. The summed E-state index contributed by atoms with van der Waals surface area (Å²) in [5.74, 6) is -0.493. The minimum absolute atomic E-state index is 0.0639. The molecule has 0 aliphatic heterocycles. The van der Waals surface area contributed by atoms with Crippen LogP contribution in [0.3, 0.4) is 0 Å². The van der Waals surface area contributed by atoms with E-state index in [2.05, 4.69) is 20.9 Å². The molecular formula is C14H14BrN3O2. The lowest BCUT2D eigenvalue weighted by Gasteiger charge is -2.19. The number of halogens is 1. The van der Waals surface area contributed by atoms with Gasteiger partial charge in [0, 0.05) is 18.1 Å². The topological polar surface area (TPSA) is 79.5 Å². The van der Waals surface area contributed by atoms with Gasteiger partial charge in [0.05, 0.1) is 17.4 Å². The summed E-state index contributed by atoms with van der Waals surface area (Å²) in [4.78, 5) is 17.1. The van der Waals surface area contributed by atoms with E-state index in [4.69, 9.17) is 10.8 Å². The zero-order valence-corrected chi connectivity index (χ0v) is 12.5. The smallest absolute Gasteiger partial charge is 0.337 e. The van der Waals surface area contributed by atoms with Crippen LogP contribution in [0.25, 0.3) is 0 Å². The Labute approximate surface area is 125 Å². The van der Waals surface area contributed by atoms with E-state index in [9.17, 15) is 4.79 Å². The van der Waals surface area contributed by atoms with Crippen LogP contribution >= 0.6 is 15.9 Å². The van der Waals surface area contributed by atoms with Gasteiger partial charge in [-0.1, -0.05) is 34.1 Å². The van der Waals surface area contributed by atoms with Crippen LogP contribution in [0.4, 0.5) is 11.5 Å². The number of aromatic nitrogens is 1. The van der Waals surface area contributed by atoms with Crippen molar-refractivity contribution in [2.75, 3.05) is 17.7 Å². The van der Waals surface area contributed by atoms with Gasteiger partial charge in [-0.15, -0.1) is 0 Å². The van der Waals surface area contributed by atoms with Gasteiger partial charge >= 0.3 is 5.97 Å². The first kappa shape index (κ1) is 14.3. The maximum atomic E-state index is 11.1. The molecule has 2 aromatic rings. The number of aromatic carboxylic acids is 1. The van der Waals surface area contributed by atoms with E-state index >= 15 is 0 Å². The normalized spacial score (nSPS) is 10.3. The monoisotopic (exact) mass is 335 g/mol. The predicted molar refractivity (Wildman–Crippen MR) is 81.9 cm³/mol. The fraction of sp³-hybridized carbons (Fsp3) is 0.143. The number of nitrogen functional groups attached to an aromatic ring is 1. The van der Waals surface area contributed by atoms with E-state index in [1.54, 1.807) is 0 Å². The molecule has 5 nitrogen and oxygen atoms in total. The van der Waals surface area contributed by atoms with E-state index in [1.165, 1.54) is 12.3 Å². The van der Waals surface area contributed by atoms with Crippen molar-refractivity contribution >= 4 is 33.4 Å². The standard InChI is InChI=1S/C14H14BrN3O2/c1-18(8-9-4-2-3-5-11(9)15)13-6-10(14(19)20)12(16)7-17-13/h2-7H,8,16H2,1H3,(H,19,20). The fourth-order valence-electron chi connectivity index (χ4n) is 1.81. The Bertz CT molecular complexity index is 646. The minimum atomic E-state index is -1.06. The van der Waals surface area contributed by atoms with Gasteiger partial charge in [-0.3, -0.25) is 0 Å². The second kappa shape index (κ2) is 5.92. The maximum absolute atomic E-state index is 11.1. The van der Waals surface area contributed by atoms with E-state index < -0.39 is 5.97 Å². The number of rotatable bonds is 4. The van der Waals surface area contributed by atoms with E-state index in [0.717, 1.165) is 10.0 Å². The summed E-state index contributed by atoms with van der Waals surface area (Å²) in [5, 5.41) is 9.07. The molecule has 6 heteroatoms. The van der Waals surface area contributed by atoms with Crippen LogP contribution in [0.15, 0.2) is 41.0 Å². The molecule has 0 unspecified atom stereocenters. The molecule has 2 rings (SSSR count). The number of carboxylic acid groups (broad SMARTS) is 1. The summed E-state index contributed by atoms with van der Waals surface area (Å²) < 4.78 is 1.00. The average Bonchev–Trinajstić information content (AvgIpc) is 2.41. The maximum Gasteiger partial charge on any atom is 0.337 e. The van der Waals surface area contributed by atoms with Crippen molar-refractivity contribution in [1.29, 1.82) is 0 Å². The van der Waals surface area contributed by atoms with Gasteiger partial charge in [0.15, 0.2) is 0 Å². The van der Waals surface area contributed by atoms with Crippen LogP contribution < -0.4 is 10.6 Å². The first-order chi connectivity index (χ1) is 9.49. The molecule has 104 valence electrons. The zero-order valence-electron chi connectivity index (χ0n) is 10.9. The van der Waals surface area contributed by atoms with Gasteiger partial charge in [0.25, 0.3) is 0 Å². The summed E-state index contributed by atoms with van der Waals surface area (Å²) >= 11 is 3.49. The van der Waals surface area contributed by atoms with Crippen molar-refractivity contribution in [2.45, 2.75) is 6.54 Å². The first-order valence-corrected chi connectivity index (χ1v) is 6.71. The van der Waals surface area contributed by atoms with Crippen LogP contribution in [-0.2, 0) is 6.54 Å². The number of hydrogen-bond acceptors (Lipinski definition) is 4. The van der Waals surface area contributed by atoms with E-state index in [-0.39, 0.29) is 11.3 Å². The Morgan fingerprint density at radius 1 is 1.45 bits per heavy atom. The van der Waals surface area contributed by atoms with E-state index in [1.807, 2.05) is 36.2 Å². The Morgan fingerprint density at radius 3 is 2.80 bits per heavy atom. The molecule has 0 atom stereocenters. The number of nitrogens with two attached hydrogens (primary N) is 1. The molecule has 1 heterocycles. The summed E-state index contributed by atoms with van der Waals surface area (Å²) in [6.07, 6.45) is 1.37. The van der Waals surface area contributed by atoms with Crippen molar-refractivity contribution in [3.8, 4) is 0 Å². The molecular weight excluding hydrogens is 322 g/mol. The van der Waals surface area contributed by atoms with E-state index in [0.29, 0.717) is 12.4 Å². The quantitative estimate of drug-likeness (QED) is 0.897.